The number of carbonyl (C=O) groups excluding carboxylic acids is 2. The highest BCUT2D eigenvalue weighted by Crippen LogP contribution is 2.25. The molecule has 2 heterocycles. The van der Waals surface area contributed by atoms with Crippen molar-refractivity contribution in [2.24, 2.45) is 0 Å². The number of aromatic nitrogens is 3. The molecule has 0 unspecified atom stereocenters. The fourth-order valence-electron chi connectivity index (χ4n) is 3.87. The van der Waals surface area contributed by atoms with Crippen molar-refractivity contribution in [2.45, 2.75) is 65.3 Å². The summed E-state index contributed by atoms with van der Waals surface area (Å²) in [6.07, 6.45) is -0.678. The van der Waals surface area contributed by atoms with Gasteiger partial charge in [0.2, 0.25) is 5.91 Å². The number of rotatable bonds is 9. The Morgan fingerprint density at radius 3 is 2.32 bits per heavy atom. The molecule has 200 valence electrons. The molecule has 0 bridgehead atoms. The number of pyridine rings is 1. The molecule has 2 amide bonds. The minimum Gasteiger partial charge on any atom is -0.444 e. The van der Waals surface area contributed by atoms with E-state index < -0.39 is 29.2 Å². The molecule has 0 fully saturated rings. The van der Waals surface area contributed by atoms with Gasteiger partial charge < -0.3 is 25.0 Å². The molecule has 37 heavy (non-hydrogen) atoms. The van der Waals surface area contributed by atoms with Gasteiger partial charge in [0.05, 0.1) is 13.2 Å². The second kappa shape index (κ2) is 11.2. The number of ether oxygens (including phenoxy) is 2. The van der Waals surface area contributed by atoms with E-state index in [9.17, 15) is 9.59 Å². The number of amides is 2. The summed E-state index contributed by atoms with van der Waals surface area (Å²) in [6, 6.07) is 13.0. The number of alkyl carbamates (subject to hydrolysis) is 1. The summed E-state index contributed by atoms with van der Waals surface area (Å²) in [5.41, 5.74) is 0.737. The molecule has 1 aromatic carbocycles. The number of carbonyl (C=O) groups is 2. The van der Waals surface area contributed by atoms with Gasteiger partial charge in [0.15, 0.2) is 11.5 Å². The highest BCUT2D eigenvalue weighted by Gasteiger charge is 2.34. The summed E-state index contributed by atoms with van der Waals surface area (Å²) in [7, 11) is 3.89. The predicted octanol–water partition coefficient (Wildman–Crippen LogP) is 3.78. The van der Waals surface area contributed by atoms with Crippen LogP contribution in [0.25, 0.3) is 5.65 Å². The molecule has 10 nitrogen and oxygen atoms in total. The van der Waals surface area contributed by atoms with Crippen LogP contribution in [-0.4, -0.2) is 58.4 Å². The van der Waals surface area contributed by atoms with E-state index in [1.807, 2.05) is 72.8 Å². The van der Waals surface area contributed by atoms with Gasteiger partial charge in [-0.3, -0.25) is 9.20 Å². The quantitative estimate of drug-likeness (QED) is 0.451. The number of fused-ring (bicyclic) bond motifs is 1. The van der Waals surface area contributed by atoms with Crippen LogP contribution in [-0.2, 0) is 20.9 Å². The van der Waals surface area contributed by atoms with E-state index in [-0.39, 0.29) is 6.61 Å². The zero-order valence-corrected chi connectivity index (χ0v) is 23.0. The van der Waals surface area contributed by atoms with Gasteiger partial charge in [-0.1, -0.05) is 36.4 Å². The fraction of sp³-hybridized carbons (Fsp3) is 0.481. The number of benzene rings is 1. The first-order chi connectivity index (χ1) is 17.3. The van der Waals surface area contributed by atoms with Crippen molar-refractivity contribution in [2.75, 3.05) is 25.6 Å². The van der Waals surface area contributed by atoms with E-state index in [0.717, 1.165) is 16.9 Å². The lowest BCUT2D eigenvalue weighted by atomic mass is 10.0. The molecule has 2 aromatic heterocycles. The zero-order valence-electron chi connectivity index (χ0n) is 23.0. The summed E-state index contributed by atoms with van der Waals surface area (Å²) < 4.78 is 13.3. The molecular weight excluding hydrogens is 472 g/mol. The Bertz CT molecular complexity index is 1230. The van der Waals surface area contributed by atoms with Crippen molar-refractivity contribution in [1.82, 2.24) is 25.2 Å². The van der Waals surface area contributed by atoms with Crippen molar-refractivity contribution in [3.8, 4) is 0 Å². The highest BCUT2D eigenvalue weighted by molar-refractivity contribution is 5.89. The van der Waals surface area contributed by atoms with Crippen LogP contribution in [0.4, 0.5) is 10.6 Å². The first-order valence-electron chi connectivity index (χ1n) is 12.2. The number of nitrogens with one attached hydrogen (secondary N) is 2. The molecule has 0 saturated heterocycles. The molecule has 0 saturated carbocycles. The molecule has 0 radical (unpaired) electrons. The maximum Gasteiger partial charge on any atom is 0.408 e. The van der Waals surface area contributed by atoms with Crippen LogP contribution >= 0.6 is 0 Å². The number of hydrogen-bond acceptors (Lipinski definition) is 7. The van der Waals surface area contributed by atoms with Crippen LogP contribution in [0.15, 0.2) is 42.5 Å². The molecule has 3 aromatic rings. The van der Waals surface area contributed by atoms with Crippen LogP contribution in [0.3, 0.4) is 0 Å². The second-order valence-corrected chi connectivity index (χ2v) is 10.8. The lowest BCUT2D eigenvalue weighted by Gasteiger charge is -2.29. The van der Waals surface area contributed by atoms with Crippen molar-refractivity contribution in [3.63, 3.8) is 0 Å². The van der Waals surface area contributed by atoms with Crippen molar-refractivity contribution in [1.29, 1.82) is 0 Å². The predicted molar refractivity (Wildman–Crippen MR) is 142 cm³/mol. The van der Waals surface area contributed by atoms with Crippen LogP contribution < -0.4 is 15.5 Å². The molecule has 0 aliphatic rings. The third kappa shape index (κ3) is 7.19. The van der Waals surface area contributed by atoms with Crippen molar-refractivity contribution in [3.05, 3.63) is 59.4 Å². The van der Waals surface area contributed by atoms with E-state index in [1.165, 1.54) is 0 Å². The first-order valence-corrected chi connectivity index (χ1v) is 12.2. The van der Waals surface area contributed by atoms with E-state index in [2.05, 4.69) is 20.8 Å². The second-order valence-electron chi connectivity index (χ2n) is 10.8. The molecule has 1 atom stereocenters. The van der Waals surface area contributed by atoms with Crippen LogP contribution in [0.5, 0.6) is 0 Å². The van der Waals surface area contributed by atoms with Gasteiger partial charge in [-0.15, -0.1) is 10.2 Å². The Hall–Kier alpha value is -3.66. The normalized spacial score (nSPS) is 12.8. The average molecular weight is 511 g/mol. The topological polar surface area (TPSA) is 110 Å². The van der Waals surface area contributed by atoms with Gasteiger partial charge in [0.25, 0.3) is 0 Å². The van der Waals surface area contributed by atoms with Gasteiger partial charge in [-0.25, -0.2) is 4.79 Å². The number of aryl methyl sites for hydroxylation is 1. The number of hydrogen-bond donors (Lipinski definition) is 2. The van der Waals surface area contributed by atoms with Gasteiger partial charge in [-0.2, -0.15) is 0 Å². The molecule has 0 aliphatic carbocycles. The minimum absolute atomic E-state index is 0.144. The summed E-state index contributed by atoms with van der Waals surface area (Å²) >= 11 is 0. The third-order valence-corrected chi connectivity index (χ3v) is 5.58. The Kier molecular flexibility index (Phi) is 8.42. The lowest BCUT2D eigenvalue weighted by molar-refractivity contribution is -0.127. The molecule has 10 heteroatoms. The van der Waals surface area contributed by atoms with E-state index >= 15 is 0 Å². The van der Waals surface area contributed by atoms with Crippen molar-refractivity contribution < 1.29 is 19.1 Å². The number of anilines is 1. The Morgan fingerprint density at radius 1 is 1.03 bits per heavy atom. The van der Waals surface area contributed by atoms with Crippen LogP contribution in [0.1, 0.15) is 57.6 Å². The third-order valence-electron chi connectivity index (χ3n) is 5.58. The Labute approximate surface area is 218 Å². The first kappa shape index (κ1) is 27.9. The van der Waals surface area contributed by atoms with Gasteiger partial charge >= 0.3 is 6.09 Å². The van der Waals surface area contributed by atoms with Crippen LogP contribution in [0.2, 0.25) is 0 Å². The maximum atomic E-state index is 13.4. The minimum atomic E-state index is -1.26. The standard InChI is InChI=1S/C27H38N6O4/c1-18-14-15-21-30-31-22(33(21)23(18)32(7)8)20(17-36-16-19-12-10-9-11-13-19)28-24(34)27(5,6)29-25(35)37-26(2,3)4/h9-15,20H,16-17H2,1-8H3,(H,28,34)(H,29,35)/t20-/m1/s1. The SMILES string of the molecule is Cc1ccc2nnc([C@@H](COCc3ccccc3)NC(=O)C(C)(C)NC(=O)OC(C)(C)C)n2c1N(C)C. The van der Waals surface area contributed by atoms with E-state index in [0.29, 0.717) is 18.1 Å². The monoisotopic (exact) mass is 510 g/mol. The van der Waals surface area contributed by atoms with Gasteiger partial charge in [0.1, 0.15) is 23.0 Å². The smallest absolute Gasteiger partial charge is 0.408 e. The molecule has 2 N–H and O–H groups in total. The molecular formula is C27H38N6O4. The summed E-state index contributed by atoms with van der Waals surface area (Å²) in [5.74, 6) is 1.00. The van der Waals surface area contributed by atoms with E-state index in [4.69, 9.17) is 9.47 Å². The zero-order chi connectivity index (χ0) is 27.4. The maximum absolute atomic E-state index is 13.4. The molecule has 0 aliphatic heterocycles. The lowest BCUT2D eigenvalue weighted by Crippen LogP contribution is -2.56. The molecule has 0 spiro atoms. The van der Waals surface area contributed by atoms with Crippen molar-refractivity contribution >= 4 is 23.5 Å². The summed E-state index contributed by atoms with van der Waals surface area (Å²) in [6.45, 7) is 11.0. The van der Waals surface area contributed by atoms with E-state index in [1.54, 1.807) is 34.6 Å². The fourth-order valence-corrected chi connectivity index (χ4v) is 3.87. The van der Waals surface area contributed by atoms with Gasteiger partial charge in [-0.05, 0) is 58.7 Å². The van der Waals surface area contributed by atoms with Gasteiger partial charge in [0, 0.05) is 14.1 Å². The average Bonchev–Trinajstić information content (AvgIpc) is 3.20. The largest absolute Gasteiger partial charge is 0.444 e. The van der Waals surface area contributed by atoms with Crippen LogP contribution in [0, 0.1) is 6.92 Å². The summed E-state index contributed by atoms with van der Waals surface area (Å²) in [5, 5.41) is 14.4. The highest BCUT2D eigenvalue weighted by atomic mass is 16.6. The Balaban J connectivity index is 1.90. The Morgan fingerprint density at radius 2 is 1.70 bits per heavy atom. The number of nitrogens with zero attached hydrogens (tertiary/aromatic N) is 4. The summed E-state index contributed by atoms with van der Waals surface area (Å²) in [4.78, 5) is 27.8. The molecule has 3 rings (SSSR count).